The summed E-state index contributed by atoms with van der Waals surface area (Å²) in [5.74, 6) is 1.48. The molecule has 2 aromatic rings. The highest BCUT2D eigenvalue weighted by molar-refractivity contribution is 5.74. The third kappa shape index (κ3) is 4.50. The predicted molar refractivity (Wildman–Crippen MR) is 91.9 cm³/mol. The van der Waals surface area contributed by atoms with Gasteiger partial charge in [0.2, 0.25) is 0 Å². The topological polar surface area (TPSA) is 81.9 Å². The molecule has 2 atom stereocenters. The van der Waals surface area contributed by atoms with Gasteiger partial charge in [-0.15, -0.1) is 0 Å². The molecule has 1 aliphatic carbocycles. The van der Waals surface area contributed by atoms with Crippen LogP contribution in [0.5, 0.6) is 11.5 Å². The van der Waals surface area contributed by atoms with Crippen LogP contribution < -0.4 is 10.5 Å². The van der Waals surface area contributed by atoms with Crippen LogP contribution in [0.4, 0.5) is 4.79 Å². The summed E-state index contributed by atoms with van der Waals surface area (Å²) >= 11 is 0. The Labute approximate surface area is 146 Å². The Morgan fingerprint density at radius 1 is 1.12 bits per heavy atom. The summed E-state index contributed by atoms with van der Waals surface area (Å²) in [7, 11) is 0. The number of benzene rings is 2. The van der Waals surface area contributed by atoms with Crippen molar-refractivity contribution in [2.45, 2.75) is 19.3 Å². The molecule has 0 heterocycles. The van der Waals surface area contributed by atoms with E-state index >= 15 is 0 Å². The highest BCUT2D eigenvalue weighted by Gasteiger charge is 2.41. The number of ether oxygens (including phenoxy) is 1. The van der Waals surface area contributed by atoms with Gasteiger partial charge in [-0.3, -0.25) is 4.79 Å². The number of para-hydroxylation sites is 1. The number of primary amides is 1. The van der Waals surface area contributed by atoms with Crippen molar-refractivity contribution in [2.24, 2.45) is 11.7 Å². The summed E-state index contributed by atoms with van der Waals surface area (Å²) in [5.41, 5.74) is 6.38. The summed E-state index contributed by atoms with van der Waals surface area (Å²) < 4.78 is 5.85. The molecule has 6 heteroatoms. The van der Waals surface area contributed by atoms with E-state index < -0.39 is 12.0 Å². The second kappa shape index (κ2) is 7.25. The number of nitrogens with two attached hydrogens (primary N) is 1. The fourth-order valence-electron chi connectivity index (χ4n) is 2.83. The first kappa shape index (κ1) is 16.8. The van der Waals surface area contributed by atoms with E-state index in [9.17, 15) is 9.59 Å². The molecule has 0 aliphatic heterocycles. The van der Waals surface area contributed by atoms with Crippen LogP contribution in [0.25, 0.3) is 0 Å². The Morgan fingerprint density at radius 3 is 2.52 bits per heavy atom. The highest BCUT2D eigenvalue weighted by Crippen LogP contribution is 2.48. The molecule has 1 fully saturated rings. The Kier molecular flexibility index (Phi) is 4.88. The minimum Gasteiger partial charge on any atom is -0.457 e. The number of amides is 2. The molecule has 130 valence electrons. The van der Waals surface area contributed by atoms with Gasteiger partial charge in [0.25, 0.3) is 0 Å². The summed E-state index contributed by atoms with van der Waals surface area (Å²) in [5, 5.41) is 0.928. The molecule has 2 aromatic carbocycles. The zero-order valence-corrected chi connectivity index (χ0v) is 13.9. The Bertz CT molecular complexity index is 763. The number of carbonyl (C=O) groups excluding carboxylic acids is 2. The van der Waals surface area contributed by atoms with Gasteiger partial charge < -0.3 is 15.3 Å². The largest absolute Gasteiger partial charge is 0.457 e. The van der Waals surface area contributed by atoms with Gasteiger partial charge in [-0.1, -0.05) is 30.3 Å². The van der Waals surface area contributed by atoms with Crippen LogP contribution >= 0.6 is 0 Å². The van der Waals surface area contributed by atoms with E-state index in [1.807, 2.05) is 54.6 Å². The van der Waals surface area contributed by atoms with E-state index in [4.69, 9.17) is 15.3 Å². The lowest BCUT2D eigenvalue weighted by Crippen LogP contribution is -2.38. The fourth-order valence-corrected chi connectivity index (χ4v) is 2.83. The molecule has 2 unspecified atom stereocenters. The summed E-state index contributed by atoms with van der Waals surface area (Å²) in [4.78, 5) is 27.2. The van der Waals surface area contributed by atoms with E-state index in [0.717, 1.165) is 28.5 Å². The molecule has 1 aliphatic rings. The Morgan fingerprint density at radius 2 is 1.84 bits per heavy atom. The second-order valence-electron chi connectivity index (χ2n) is 6.07. The Balaban J connectivity index is 1.63. The van der Waals surface area contributed by atoms with Crippen molar-refractivity contribution in [3.63, 3.8) is 0 Å². The third-order valence-corrected chi connectivity index (χ3v) is 4.07. The standard InChI is InChI=1S/C19H20N2O4/c1-13(22)25-21(19(20)23)12-15-11-18(15)14-6-5-9-17(10-14)24-16-7-3-2-4-8-16/h2-10,15,18H,11-12H2,1H3,(H2,20,23). The molecule has 0 saturated heterocycles. The normalized spacial score (nSPS) is 18.3. The van der Waals surface area contributed by atoms with Crippen LogP contribution in [0.15, 0.2) is 54.6 Å². The van der Waals surface area contributed by atoms with Crippen molar-refractivity contribution in [3.8, 4) is 11.5 Å². The minimum atomic E-state index is -0.762. The summed E-state index contributed by atoms with van der Waals surface area (Å²) in [6.07, 6.45) is 0.903. The van der Waals surface area contributed by atoms with Gasteiger partial charge in [-0.2, -0.15) is 5.06 Å². The summed E-state index contributed by atoms with van der Waals surface area (Å²) in [6, 6.07) is 16.7. The van der Waals surface area contributed by atoms with Crippen molar-refractivity contribution in [3.05, 3.63) is 60.2 Å². The van der Waals surface area contributed by atoms with Crippen LogP contribution in [0, 0.1) is 5.92 Å². The first-order chi connectivity index (χ1) is 12.0. The van der Waals surface area contributed by atoms with E-state index in [0.29, 0.717) is 6.54 Å². The molecular formula is C19H20N2O4. The zero-order valence-electron chi connectivity index (χ0n) is 13.9. The smallest absolute Gasteiger partial charge is 0.348 e. The average Bonchev–Trinajstić information content (AvgIpc) is 3.34. The van der Waals surface area contributed by atoms with E-state index in [2.05, 4.69) is 0 Å². The number of hydrogen-bond donors (Lipinski definition) is 1. The molecule has 6 nitrogen and oxygen atoms in total. The average molecular weight is 340 g/mol. The van der Waals surface area contributed by atoms with Gasteiger partial charge in [-0.05, 0) is 48.1 Å². The van der Waals surface area contributed by atoms with Crippen LogP contribution in [0.3, 0.4) is 0 Å². The molecular weight excluding hydrogens is 320 g/mol. The number of carbonyl (C=O) groups is 2. The molecule has 25 heavy (non-hydrogen) atoms. The molecule has 0 spiro atoms. The van der Waals surface area contributed by atoms with E-state index in [-0.39, 0.29) is 11.8 Å². The fraction of sp³-hybridized carbons (Fsp3) is 0.263. The number of urea groups is 1. The molecule has 0 bridgehead atoms. The third-order valence-electron chi connectivity index (χ3n) is 4.07. The van der Waals surface area contributed by atoms with Gasteiger partial charge in [0.05, 0.1) is 6.54 Å². The molecule has 2 amide bonds. The van der Waals surface area contributed by atoms with E-state index in [1.54, 1.807) is 0 Å². The van der Waals surface area contributed by atoms with Crippen LogP contribution in [0.2, 0.25) is 0 Å². The van der Waals surface area contributed by atoms with Gasteiger partial charge >= 0.3 is 12.0 Å². The first-order valence-electron chi connectivity index (χ1n) is 8.11. The molecule has 2 N–H and O–H groups in total. The minimum absolute atomic E-state index is 0.207. The second-order valence-corrected chi connectivity index (χ2v) is 6.07. The van der Waals surface area contributed by atoms with Crippen LogP contribution in [-0.4, -0.2) is 23.6 Å². The van der Waals surface area contributed by atoms with Gasteiger partial charge in [0.15, 0.2) is 0 Å². The predicted octanol–water partition coefficient (Wildman–Crippen LogP) is 3.44. The van der Waals surface area contributed by atoms with Crippen LogP contribution in [0.1, 0.15) is 24.8 Å². The van der Waals surface area contributed by atoms with Crippen molar-refractivity contribution >= 4 is 12.0 Å². The molecule has 3 rings (SSSR count). The monoisotopic (exact) mass is 340 g/mol. The van der Waals surface area contributed by atoms with Crippen molar-refractivity contribution in [1.29, 1.82) is 0 Å². The molecule has 0 aromatic heterocycles. The quantitative estimate of drug-likeness (QED) is 0.845. The summed E-state index contributed by atoms with van der Waals surface area (Å²) in [6.45, 7) is 1.54. The van der Waals surface area contributed by atoms with Gasteiger partial charge in [0, 0.05) is 6.92 Å². The maximum absolute atomic E-state index is 11.3. The van der Waals surface area contributed by atoms with Gasteiger partial charge in [-0.25, -0.2) is 4.79 Å². The lowest BCUT2D eigenvalue weighted by molar-refractivity contribution is -0.174. The van der Waals surface area contributed by atoms with Crippen molar-refractivity contribution in [2.75, 3.05) is 6.54 Å². The number of hydroxylamine groups is 2. The first-order valence-corrected chi connectivity index (χ1v) is 8.11. The van der Waals surface area contributed by atoms with Crippen molar-refractivity contribution < 1.29 is 19.2 Å². The maximum atomic E-state index is 11.3. The van der Waals surface area contributed by atoms with Crippen LogP contribution in [-0.2, 0) is 9.63 Å². The molecule has 1 saturated carbocycles. The van der Waals surface area contributed by atoms with Crippen molar-refractivity contribution in [1.82, 2.24) is 5.06 Å². The lowest BCUT2D eigenvalue weighted by atomic mass is 10.1. The maximum Gasteiger partial charge on any atom is 0.348 e. The molecule has 0 radical (unpaired) electrons. The number of nitrogens with zero attached hydrogens (tertiary/aromatic N) is 1. The highest BCUT2D eigenvalue weighted by atomic mass is 16.7. The number of hydrogen-bond acceptors (Lipinski definition) is 4. The SMILES string of the molecule is CC(=O)ON(CC1CC1c1cccc(Oc2ccccc2)c1)C(N)=O. The lowest BCUT2D eigenvalue weighted by Gasteiger charge is -2.17. The Hall–Kier alpha value is -3.02. The van der Waals surface area contributed by atoms with E-state index in [1.165, 1.54) is 6.92 Å². The number of rotatable bonds is 5. The zero-order chi connectivity index (χ0) is 17.8. The van der Waals surface area contributed by atoms with Gasteiger partial charge in [0.1, 0.15) is 11.5 Å².